The van der Waals surface area contributed by atoms with Crippen molar-refractivity contribution in [2.45, 2.75) is 33.1 Å². The van der Waals surface area contributed by atoms with Gasteiger partial charge in [0, 0.05) is 26.6 Å². The van der Waals surface area contributed by atoms with Crippen LogP contribution in [-0.4, -0.2) is 42.1 Å². The number of carbonyl (C=O) groups is 2. The number of nitrogens with one attached hydrogen (secondary N) is 1. The fourth-order valence-electron chi connectivity index (χ4n) is 1.22. The largest absolute Gasteiger partial charge is 0.481 e. The number of carbonyl (C=O) groups excluding carboxylic acids is 1. The van der Waals surface area contributed by atoms with Gasteiger partial charge >= 0.3 is 12.0 Å². The van der Waals surface area contributed by atoms with Gasteiger partial charge in [-0.05, 0) is 25.7 Å². The minimum Gasteiger partial charge on any atom is -0.481 e. The van der Waals surface area contributed by atoms with E-state index in [4.69, 9.17) is 5.11 Å². The van der Waals surface area contributed by atoms with E-state index >= 15 is 0 Å². The van der Waals surface area contributed by atoms with Gasteiger partial charge in [-0.15, -0.1) is 0 Å². The van der Waals surface area contributed by atoms with Crippen molar-refractivity contribution >= 4 is 12.0 Å². The zero-order chi connectivity index (χ0) is 12.6. The molecule has 94 valence electrons. The molecule has 0 aromatic rings. The molecule has 0 rings (SSSR count). The Kier molecular flexibility index (Phi) is 7.33. The highest BCUT2D eigenvalue weighted by Crippen LogP contribution is 2.09. The summed E-state index contributed by atoms with van der Waals surface area (Å²) in [5.41, 5.74) is 0. The van der Waals surface area contributed by atoms with Crippen LogP contribution in [0.15, 0.2) is 0 Å². The van der Waals surface area contributed by atoms with Gasteiger partial charge in [0.15, 0.2) is 0 Å². The summed E-state index contributed by atoms with van der Waals surface area (Å²) >= 11 is 0. The van der Waals surface area contributed by atoms with Gasteiger partial charge in [0.1, 0.15) is 0 Å². The molecule has 0 aromatic heterocycles. The van der Waals surface area contributed by atoms with Crippen LogP contribution < -0.4 is 5.32 Å². The lowest BCUT2D eigenvalue weighted by atomic mass is 10.0. The van der Waals surface area contributed by atoms with E-state index in [0.29, 0.717) is 25.4 Å². The molecule has 2 N–H and O–H groups in total. The molecular formula is C11H22N2O3. The summed E-state index contributed by atoms with van der Waals surface area (Å²) < 4.78 is 0. The second kappa shape index (κ2) is 7.96. The van der Waals surface area contributed by atoms with Crippen LogP contribution in [-0.2, 0) is 4.79 Å². The molecule has 1 unspecified atom stereocenters. The van der Waals surface area contributed by atoms with Gasteiger partial charge in [0.2, 0.25) is 0 Å². The van der Waals surface area contributed by atoms with Gasteiger partial charge in [-0.25, -0.2) is 4.79 Å². The molecule has 0 spiro atoms. The highest BCUT2D eigenvalue weighted by atomic mass is 16.4. The van der Waals surface area contributed by atoms with Crippen molar-refractivity contribution in [1.29, 1.82) is 0 Å². The van der Waals surface area contributed by atoms with E-state index in [-0.39, 0.29) is 12.5 Å². The first-order valence-corrected chi connectivity index (χ1v) is 5.68. The van der Waals surface area contributed by atoms with Crippen LogP contribution in [0.2, 0.25) is 0 Å². The third-order valence-corrected chi connectivity index (χ3v) is 2.59. The van der Waals surface area contributed by atoms with Gasteiger partial charge in [0.25, 0.3) is 0 Å². The SMILES string of the molecule is CCN(C)C(=O)NCCC(C)CCC(=O)O. The lowest BCUT2D eigenvalue weighted by molar-refractivity contribution is -0.137. The monoisotopic (exact) mass is 230 g/mol. The predicted molar refractivity (Wildman–Crippen MR) is 62.4 cm³/mol. The quantitative estimate of drug-likeness (QED) is 0.697. The van der Waals surface area contributed by atoms with Crippen molar-refractivity contribution < 1.29 is 14.7 Å². The van der Waals surface area contributed by atoms with E-state index < -0.39 is 5.97 Å². The molecule has 0 aliphatic rings. The van der Waals surface area contributed by atoms with Crippen LogP contribution in [0.4, 0.5) is 4.79 Å². The van der Waals surface area contributed by atoms with Gasteiger partial charge in [-0.2, -0.15) is 0 Å². The molecule has 16 heavy (non-hydrogen) atoms. The third-order valence-electron chi connectivity index (χ3n) is 2.59. The molecule has 0 aliphatic carbocycles. The van der Waals surface area contributed by atoms with Gasteiger partial charge in [0.05, 0.1) is 0 Å². The number of nitrogens with zero attached hydrogens (tertiary/aromatic N) is 1. The molecule has 1 atom stereocenters. The molecular weight excluding hydrogens is 208 g/mol. The van der Waals surface area contributed by atoms with Gasteiger partial charge in [-0.3, -0.25) is 4.79 Å². The lowest BCUT2D eigenvalue weighted by Crippen LogP contribution is -2.37. The Morgan fingerprint density at radius 3 is 2.50 bits per heavy atom. The van der Waals surface area contributed by atoms with Crippen LogP contribution in [0.3, 0.4) is 0 Å². The molecule has 0 saturated carbocycles. The highest BCUT2D eigenvalue weighted by Gasteiger charge is 2.08. The number of carboxylic acid groups (broad SMARTS) is 1. The van der Waals surface area contributed by atoms with E-state index in [1.807, 2.05) is 13.8 Å². The van der Waals surface area contributed by atoms with Crippen molar-refractivity contribution in [3.05, 3.63) is 0 Å². The average Bonchev–Trinajstić information content (AvgIpc) is 2.24. The normalized spacial score (nSPS) is 11.9. The van der Waals surface area contributed by atoms with Gasteiger partial charge in [-0.1, -0.05) is 6.92 Å². The summed E-state index contributed by atoms with van der Waals surface area (Å²) in [6, 6.07) is -0.0760. The number of hydrogen-bond acceptors (Lipinski definition) is 2. The maximum Gasteiger partial charge on any atom is 0.317 e. The Balaban J connectivity index is 3.57. The second-order valence-electron chi connectivity index (χ2n) is 4.07. The van der Waals surface area contributed by atoms with Crippen molar-refractivity contribution in [2.75, 3.05) is 20.1 Å². The fraction of sp³-hybridized carbons (Fsp3) is 0.818. The summed E-state index contributed by atoms with van der Waals surface area (Å²) in [5.74, 6) is -0.440. The summed E-state index contributed by atoms with van der Waals surface area (Å²) in [6.07, 6.45) is 1.68. The smallest absolute Gasteiger partial charge is 0.317 e. The number of aliphatic carboxylic acids is 1. The lowest BCUT2D eigenvalue weighted by Gasteiger charge is -2.16. The Morgan fingerprint density at radius 2 is 2.00 bits per heavy atom. The van der Waals surface area contributed by atoms with Gasteiger partial charge < -0.3 is 15.3 Å². The van der Waals surface area contributed by atoms with Crippen LogP contribution in [0.25, 0.3) is 0 Å². The minimum absolute atomic E-state index is 0.0760. The molecule has 0 fully saturated rings. The maximum absolute atomic E-state index is 11.3. The number of carboxylic acids is 1. The summed E-state index contributed by atoms with van der Waals surface area (Å²) in [6.45, 7) is 5.19. The van der Waals surface area contributed by atoms with Crippen LogP contribution in [0.1, 0.15) is 33.1 Å². The highest BCUT2D eigenvalue weighted by molar-refractivity contribution is 5.73. The zero-order valence-electron chi connectivity index (χ0n) is 10.3. The zero-order valence-corrected chi connectivity index (χ0v) is 10.3. The van der Waals surface area contributed by atoms with Crippen LogP contribution >= 0.6 is 0 Å². The van der Waals surface area contributed by atoms with Crippen molar-refractivity contribution in [2.24, 2.45) is 5.92 Å². The molecule has 0 aliphatic heterocycles. The summed E-state index contributed by atoms with van der Waals surface area (Å²) in [5, 5.41) is 11.3. The standard InChI is InChI=1S/C11H22N2O3/c1-4-13(3)11(16)12-8-7-9(2)5-6-10(14)15/h9H,4-8H2,1-3H3,(H,12,16)(H,14,15). The van der Waals surface area contributed by atoms with Crippen molar-refractivity contribution in [3.63, 3.8) is 0 Å². The van der Waals surface area contributed by atoms with Crippen molar-refractivity contribution in [3.8, 4) is 0 Å². The van der Waals surface area contributed by atoms with E-state index in [1.54, 1.807) is 11.9 Å². The topological polar surface area (TPSA) is 69.6 Å². The van der Waals surface area contributed by atoms with Crippen LogP contribution in [0, 0.1) is 5.92 Å². The Hall–Kier alpha value is -1.26. The van der Waals surface area contributed by atoms with E-state index in [1.165, 1.54) is 0 Å². The average molecular weight is 230 g/mol. The Bertz CT molecular complexity index is 231. The Morgan fingerprint density at radius 1 is 1.38 bits per heavy atom. The predicted octanol–water partition coefficient (Wildman–Crippen LogP) is 1.54. The molecule has 0 aromatic carbocycles. The second-order valence-corrected chi connectivity index (χ2v) is 4.07. The molecule has 0 bridgehead atoms. The molecule has 0 saturated heterocycles. The van der Waals surface area contributed by atoms with E-state index in [0.717, 1.165) is 6.42 Å². The molecule has 0 radical (unpaired) electrons. The molecule has 2 amide bonds. The number of urea groups is 1. The summed E-state index contributed by atoms with van der Waals surface area (Å²) in [7, 11) is 1.74. The van der Waals surface area contributed by atoms with Crippen LogP contribution in [0.5, 0.6) is 0 Å². The first kappa shape index (κ1) is 14.7. The number of hydrogen-bond donors (Lipinski definition) is 2. The number of amides is 2. The van der Waals surface area contributed by atoms with E-state index in [9.17, 15) is 9.59 Å². The van der Waals surface area contributed by atoms with E-state index in [2.05, 4.69) is 5.32 Å². The van der Waals surface area contributed by atoms with Crippen molar-refractivity contribution in [1.82, 2.24) is 10.2 Å². The third kappa shape index (κ3) is 7.09. The first-order chi connectivity index (χ1) is 7.47. The fourth-order valence-corrected chi connectivity index (χ4v) is 1.22. The summed E-state index contributed by atoms with van der Waals surface area (Å²) in [4.78, 5) is 23.3. The first-order valence-electron chi connectivity index (χ1n) is 5.68. The molecule has 0 heterocycles. The minimum atomic E-state index is -0.762. The molecule has 5 heteroatoms. The number of rotatable bonds is 7. The maximum atomic E-state index is 11.3. The Labute approximate surface area is 96.8 Å². The molecule has 5 nitrogen and oxygen atoms in total.